The van der Waals surface area contributed by atoms with Crippen molar-refractivity contribution in [1.82, 2.24) is 19.9 Å². The molecule has 1 N–H and O–H groups in total. The molecule has 7 nitrogen and oxygen atoms in total. The van der Waals surface area contributed by atoms with Crippen LogP contribution in [0.15, 0.2) is 18.5 Å². The number of carbonyl (C=O) groups excluding carboxylic acids is 1. The highest BCUT2D eigenvalue weighted by atomic mass is 16.2. The lowest BCUT2D eigenvalue weighted by Crippen LogP contribution is -2.52. The van der Waals surface area contributed by atoms with Crippen LogP contribution in [0.1, 0.15) is 38.9 Å². The largest absolute Gasteiger partial charge is 0.354 e. The molecule has 23 heavy (non-hydrogen) atoms. The van der Waals surface area contributed by atoms with E-state index in [9.17, 15) is 4.79 Å². The smallest absolute Gasteiger partial charge is 0.236 e. The van der Waals surface area contributed by atoms with Gasteiger partial charge in [-0.3, -0.25) is 4.79 Å². The first-order chi connectivity index (χ1) is 16.5. The molecule has 1 saturated heterocycles. The molecule has 2 aromatic rings. The SMILES string of the molecule is [2H]c1nc(N(C([2H])([2H])[2H])[C@@]2([2H])C([2H])([2H])N(C(=O)CC#N)C([2H])([2H])C([2H])([2H])[C@@]2([2H])C)c2c([2H])c([2H])[nH]c2n1. The van der Waals surface area contributed by atoms with E-state index < -0.39 is 86.0 Å². The molecule has 1 amide bonds. The number of hydrogen-bond acceptors (Lipinski definition) is 5. The summed E-state index contributed by atoms with van der Waals surface area (Å²) in [4.78, 5) is 21.8. The van der Waals surface area contributed by atoms with Crippen LogP contribution in [0.25, 0.3) is 11.0 Å². The van der Waals surface area contributed by atoms with Gasteiger partial charge in [-0.1, -0.05) is 6.92 Å². The fourth-order valence-electron chi connectivity index (χ4n) is 1.87. The van der Waals surface area contributed by atoms with Gasteiger partial charge >= 0.3 is 0 Å². The van der Waals surface area contributed by atoms with Gasteiger partial charge < -0.3 is 14.8 Å². The summed E-state index contributed by atoms with van der Waals surface area (Å²) in [6.45, 7) is -10.6. The number of nitrogens with one attached hydrogen (secondary N) is 1. The quantitative estimate of drug-likeness (QED) is 0.924. The molecule has 2 atom stereocenters. The molecule has 0 spiro atoms. The summed E-state index contributed by atoms with van der Waals surface area (Å²) in [7, 11) is 0. The monoisotopic (exact) mass is 326 g/mol. The molecule has 0 radical (unpaired) electrons. The first-order valence-electron chi connectivity index (χ1n) is 13.4. The number of carbonyl (C=O) groups is 1. The normalized spacial score (nSPS) is 43.6. The number of nitriles is 1. The highest BCUT2D eigenvalue weighted by Crippen LogP contribution is 2.28. The Morgan fingerprint density at radius 3 is 3.43 bits per heavy atom. The molecule has 0 bridgehead atoms. The van der Waals surface area contributed by atoms with Gasteiger partial charge in [0.05, 0.1) is 24.3 Å². The number of H-pyrrole nitrogens is 1. The van der Waals surface area contributed by atoms with E-state index in [0.717, 1.165) is 0 Å². The number of rotatable bonds is 3. The lowest BCUT2D eigenvalue weighted by Gasteiger charge is -2.42. The summed E-state index contributed by atoms with van der Waals surface area (Å²) in [6.07, 6.45) is -6.33. The second-order valence-corrected chi connectivity index (χ2v) is 4.47. The minimum absolute atomic E-state index is 0.167. The van der Waals surface area contributed by atoms with Crippen LogP contribution in [0.4, 0.5) is 5.82 Å². The summed E-state index contributed by atoms with van der Waals surface area (Å²) in [5.74, 6) is -5.99. The Kier molecular flexibility index (Phi) is 1.57. The standard InChI is InChI=1S/C16H20N6O/c1-11-5-8-22(14(23)3-6-17)9-13(11)21(2)16-12-4-7-18-15(12)19-10-20-16/h4,7,10-11,13H,3,5,8-9H2,1-2H3,(H,18,19,20)/t11-,13+/m1/s1/i2D3,4D,5D2,7D,8D2,9D2,10D,11D,13D. The predicted octanol–water partition coefficient (Wildman–Crippen LogP) is 1.54. The molecule has 0 unspecified atom stereocenters. The maximum Gasteiger partial charge on any atom is 0.236 e. The van der Waals surface area contributed by atoms with Crippen molar-refractivity contribution in [3.63, 3.8) is 0 Å². The van der Waals surface area contributed by atoms with Gasteiger partial charge in [0, 0.05) is 37.1 Å². The Morgan fingerprint density at radius 1 is 1.78 bits per heavy atom. The second kappa shape index (κ2) is 6.24. The van der Waals surface area contributed by atoms with Crippen LogP contribution >= 0.6 is 0 Å². The Labute approximate surface area is 154 Å². The minimum atomic E-state index is -3.84. The summed E-state index contributed by atoms with van der Waals surface area (Å²) in [5, 5.41) is 8.40. The molecular weight excluding hydrogens is 292 g/mol. The molecule has 1 aliphatic rings. The zero-order valence-electron chi connectivity index (χ0n) is 25.9. The summed E-state index contributed by atoms with van der Waals surface area (Å²) < 4.78 is 117. The Bertz CT molecular complexity index is 1310. The lowest BCUT2D eigenvalue weighted by molar-refractivity contribution is -0.131. The number of likely N-dealkylation sites (tertiary alicyclic amines) is 1. The number of hydrogen-bond donors (Lipinski definition) is 1. The number of amides is 1. The predicted molar refractivity (Wildman–Crippen MR) is 86.7 cm³/mol. The average Bonchev–Trinajstić information content (AvgIpc) is 2.98. The molecule has 3 heterocycles. The summed E-state index contributed by atoms with van der Waals surface area (Å²) >= 11 is 0. The zero-order chi connectivity index (χ0) is 28.7. The van der Waals surface area contributed by atoms with Gasteiger partial charge in [0.15, 0.2) is 0 Å². The topological polar surface area (TPSA) is 88.9 Å². The zero-order valence-corrected chi connectivity index (χ0v) is 11.9. The van der Waals surface area contributed by atoms with Crippen LogP contribution in [-0.4, -0.2) is 51.7 Å². The minimum Gasteiger partial charge on any atom is -0.354 e. The van der Waals surface area contributed by atoms with E-state index in [1.807, 2.05) is 0 Å². The summed E-state index contributed by atoms with van der Waals surface area (Å²) in [6, 6.07) is -3.12. The third-order valence-electron chi connectivity index (χ3n) is 2.99. The first kappa shape index (κ1) is 5.78. The fourth-order valence-corrected chi connectivity index (χ4v) is 1.87. The van der Waals surface area contributed by atoms with Gasteiger partial charge in [0.25, 0.3) is 0 Å². The molecule has 120 valence electrons. The number of likely N-dealkylation sites (N-methyl/N-ethyl adjacent to an activating group) is 1. The molecule has 1 fully saturated rings. The van der Waals surface area contributed by atoms with Crippen molar-refractivity contribution in [2.45, 2.75) is 25.7 Å². The average molecular weight is 326 g/mol. The fraction of sp³-hybridized carbons (Fsp3) is 0.500. The number of nitrogens with zero attached hydrogens (tertiary/aromatic N) is 5. The van der Waals surface area contributed by atoms with Crippen LogP contribution < -0.4 is 4.90 Å². The molecule has 0 saturated carbocycles. The van der Waals surface area contributed by atoms with Crippen molar-refractivity contribution >= 4 is 22.8 Å². The molecule has 2 aromatic heterocycles. The number of piperidine rings is 1. The van der Waals surface area contributed by atoms with Gasteiger partial charge in [0.1, 0.15) is 25.6 Å². The van der Waals surface area contributed by atoms with Crippen LogP contribution in [0, 0.1) is 17.2 Å². The van der Waals surface area contributed by atoms with Crippen LogP contribution in [0.3, 0.4) is 0 Å². The van der Waals surface area contributed by atoms with Gasteiger partial charge in [-0.2, -0.15) is 5.26 Å². The van der Waals surface area contributed by atoms with Crippen molar-refractivity contribution in [2.24, 2.45) is 5.89 Å². The van der Waals surface area contributed by atoms with E-state index in [4.69, 9.17) is 24.5 Å². The van der Waals surface area contributed by atoms with Crippen molar-refractivity contribution in [2.75, 3.05) is 24.9 Å². The number of aromatic amines is 1. The molecule has 7 heteroatoms. The highest BCUT2D eigenvalue weighted by molar-refractivity contribution is 5.87. The van der Waals surface area contributed by atoms with Crippen molar-refractivity contribution in [1.29, 1.82) is 5.26 Å². The molecule has 0 aromatic carbocycles. The number of fused-ring (bicyclic) bond motifs is 1. The van der Waals surface area contributed by atoms with Gasteiger partial charge in [0.2, 0.25) is 5.91 Å². The van der Waals surface area contributed by atoms with E-state index in [1.54, 1.807) is 0 Å². The van der Waals surface area contributed by atoms with Crippen LogP contribution in [-0.2, 0) is 4.79 Å². The van der Waals surface area contributed by atoms with E-state index in [1.165, 1.54) is 6.07 Å². The molecule has 1 aliphatic heterocycles. The molecular formula is C16H20N6O. The van der Waals surface area contributed by atoms with Crippen molar-refractivity contribution < 1.29 is 24.0 Å². The van der Waals surface area contributed by atoms with E-state index in [2.05, 4.69) is 15.0 Å². The van der Waals surface area contributed by atoms with Crippen LogP contribution in [0.5, 0.6) is 0 Å². The van der Waals surface area contributed by atoms with Crippen LogP contribution in [0.2, 0.25) is 0 Å². The van der Waals surface area contributed by atoms with Gasteiger partial charge in [-0.15, -0.1) is 0 Å². The van der Waals surface area contributed by atoms with E-state index >= 15 is 0 Å². The highest BCUT2D eigenvalue weighted by Gasteiger charge is 2.32. The van der Waals surface area contributed by atoms with Gasteiger partial charge in [-0.25, -0.2) is 9.97 Å². The third kappa shape index (κ3) is 2.84. The second-order valence-electron chi connectivity index (χ2n) is 4.47. The third-order valence-corrected chi connectivity index (χ3v) is 2.99. The Morgan fingerprint density at radius 2 is 2.65 bits per heavy atom. The van der Waals surface area contributed by atoms with E-state index in [-0.39, 0.29) is 9.80 Å². The van der Waals surface area contributed by atoms with Crippen molar-refractivity contribution in [3.05, 3.63) is 18.5 Å². The number of anilines is 1. The Hall–Kier alpha value is -2.62. The number of aromatic nitrogens is 3. The van der Waals surface area contributed by atoms with Crippen molar-refractivity contribution in [3.8, 4) is 6.07 Å². The lowest BCUT2D eigenvalue weighted by atomic mass is 9.92. The maximum absolute atomic E-state index is 12.8. The Balaban J connectivity index is 2.56. The van der Waals surface area contributed by atoms with E-state index in [0.29, 0.717) is 6.92 Å². The molecule has 0 aliphatic carbocycles. The maximum atomic E-state index is 12.8. The van der Waals surface area contributed by atoms with Gasteiger partial charge in [-0.05, 0) is 18.3 Å². The summed E-state index contributed by atoms with van der Waals surface area (Å²) in [5.41, 5.74) is -0.415. The molecule has 3 rings (SSSR count). The first-order valence-corrected chi connectivity index (χ1v) is 6.37.